The molecule has 146 valence electrons. The zero-order valence-corrected chi connectivity index (χ0v) is 16.9. The Morgan fingerprint density at radius 1 is 1.25 bits per heavy atom. The molecule has 2 aromatic heterocycles. The number of thiazole rings is 1. The van der Waals surface area contributed by atoms with Crippen LogP contribution in [0.2, 0.25) is 0 Å². The second kappa shape index (κ2) is 8.67. The van der Waals surface area contributed by atoms with Gasteiger partial charge < -0.3 is 9.88 Å². The number of nitrogens with zero attached hydrogens (tertiary/aromatic N) is 4. The van der Waals surface area contributed by atoms with E-state index in [1.807, 2.05) is 36.7 Å². The van der Waals surface area contributed by atoms with Gasteiger partial charge in [0.2, 0.25) is 5.91 Å². The van der Waals surface area contributed by atoms with E-state index in [0.29, 0.717) is 17.6 Å². The van der Waals surface area contributed by atoms with Gasteiger partial charge in [-0.25, -0.2) is 9.97 Å². The van der Waals surface area contributed by atoms with E-state index < -0.39 is 0 Å². The third-order valence-corrected chi connectivity index (χ3v) is 6.02. The molecule has 0 spiro atoms. The van der Waals surface area contributed by atoms with Gasteiger partial charge in [0, 0.05) is 29.9 Å². The molecule has 1 aromatic carbocycles. The van der Waals surface area contributed by atoms with Crippen LogP contribution in [0.1, 0.15) is 18.5 Å². The highest BCUT2D eigenvalue weighted by atomic mass is 32.1. The summed E-state index contributed by atoms with van der Waals surface area (Å²) >= 11 is 1.47. The Morgan fingerprint density at radius 2 is 2.04 bits per heavy atom. The maximum atomic E-state index is 12.2. The lowest BCUT2D eigenvalue weighted by molar-refractivity contribution is -0.117. The van der Waals surface area contributed by atoms with Crippen molar-refractivity contribution < 1.29 is 4.79 Å². The smallest absolute Gasteiger partial charge is 0.240 e. The van der Waals surface area contributed by atoms with Crippen molar-refractivity contribution in [2.45, 2.75) is 26.3 Å². The molecule has 0 bridgehead atoms. The van der Waals surface area contributed by atoms with Gasteiger partial charge in [-0.1, -0.05) is 30.3 Å². The molecule has 3 heterocycles. The number of imidazole rings is 1. The minimum Gasteiger partial charge on any atom is -0.331 e. The van der Waals surface area contributed by atoms with E-state index in [2.05, 4.69) is 43.1 Å². The summed E-state index contributed by atoms with van der Waals surface area (Å²) in [5.74, 6) is 1.66. The first-order valence-corrected chi connectivity index (χ1v) is 10.6. The van der Waals surface area contributed by atoms with Gasteiger partial charge in [0.05, 0.1) is 12.2 Å². The first-order chi connectivity index (χ1) is 13.7. The first-order valence-electron chi connectivity index (χ1n) is 9.68. The molecule has 4 rings (SSSR count). The number of rotatable bonds is 6. The number of piperidine rings is 1. The Morgan fingerprint density at radius 3 is 2.75 bits per heavy atom. The summed E-state index contributed by atoms with van der Waals surface area (Å²) in [4.78, 5) is 23.3. The summed E-state index contributed by atoms with van der Waals surface area (Å²) in [5, 5.41) is 5.53. The van der Waals surface area contributed by atoms with Crippen LogP contribution in [0.25, 0.3) is 11.4 Å². The van der Waals surface area contributed by atoms with Crippen LogP contribution in [0, 0.1) is 12.8 Å². The highest BCUT2D eigenvalue weighted by Gasteiger charge is 2.22. The molecule has 0 unspecified atom stereocenters. The Balaban J connectivity index is 1.27. The number of aromatic nitrogens is 3. The van der Waals surface area contributed by atoms with Crippen molar-refractivity contribution in [3.63, 3.8) is 0 Å². The molecule has 28 heavy (non-hydrogen) atoms. The molecule has 6 nitrogen and oxygen atoms in total. The van der Waals surface area contributed by atoms with Crippen molar-refractivity contribution in [3.8, 4) is 11.4 Å². The van der Waals surface area contributed by atoms with E-state index in [1.54, 1.807) is 0 Å². The maximum absolute atomic E-state index is 12.2. The van der Waals surface area contributed by atoms with Gasteiger partial charge >= 0.3 is 0 Å². The number of anilines is 1. The van der Waals surface area contributed by atoms with E-state index in [1.165, 1.54) is 11.3 Å². The molecule has 0 atom stereocenters. The number of likely N-dealkylation sites (tertiary alicyclic amines) is 1. The van der Waals surface area contributed by atoms with Gasteiger partial charge in [0.25, 0.3) is 0 Å². The lowest BCUT2D eigenvalue weighted by Gasteiger charge is -2.31. The monoisotopic (exact) mass is 395 g/mol. The number of nitrogens with one attached hydrogen (secondary N) is 1. The van der Waals surface area contributed by atoms with Crippen molar-refractivity contribution >= 4 is 22.4 Å². The molecular formula is C21H25N5OS. The van der Waals surface area contributed by atoms with Crippen molar-refractivity contribution in [2.24, 2.45) is 5.92 Å². The van der Waals surface area contributed by atoms with E-state index >= 15 is 0 Å². The van der Waals surface area contributed by atoms with Crippen LogP contribution >= 0.6 is 11.3 Å². The summed E-state index contributed by atoms with van der Waals surface area (Å²) in [6.07, 6.45) is 6.13. The minimum absolute atomic E-state index is 0.0220. The van der Waals surface area contributed by atoms with Crippen molar-refractivity contribution in [3.05, 3.63) is 53.8 Å². The van der Waals surface area contributed by atoms with E-state index in [9.17, 15) is 4.79 Å². The fraction of sp³-hybridized carbons (Fsp3) is 0.381. The standard InChI is InChI=1S/C21H25N5OS/c1-16-15-28-21(23-16)24-19(27)14-25-10-7-17(8-11-25)13-26-12-9-22-20(26)18-5-3-2-4-6-18/h2-6,9,12,15,17H,7-8,10-11,13-14H2,1H3,(H,23,24,27). The van der Waals surface area contributed by atoms with Crippen LogP contribution in [0.3, 0.4) is 0 Å². The third-order valence-electron chi connectivity index (χ3n) is 5.14. The number of aryl methyl sites for hydroxylation is 1. The van der Waals surface area contributed by atoms with Crippen LogP contribution < -0.4 is 5.32 Å². The van der Waals surface area contributed by atoms with Gasteiger partial charge in [-0.2, -0.15) is 0 Å². The van der Waals surface area contributed by atoms with Gasteiger partial charge in [0.1, 0.15) is 5.82 Å². The molecule has 1 fully saturated rings. The normalized spacial score (nSPS) is 15.6. The summed E-state index contributed by atoms with van der Waals surface area (Å²) in [7, 11) is 0. The second-order valence-electron chi connectivity index (χ2n) is 7.33. The molecular weight excluding hydrogens is 370 g/mol. The van der Waals surface area contributed by atoms with E-state index in [4.69, 9.17) is 0 Å². The molecule has 1 amide bonds. The number of benzene rings is 1. The Bertz CT molecular complexity index is 912. The summed E-state index contributed by atoms with van der Waals surface area (Å²) < 4.78 is 2.26. The molecule has 1 saturated heterocycles. The number of hydrogen-bond donors (Lipinski definition) is 1. The molecule has 0 radical (unpaired) electrons. The van der Waals surface area contributed by atoms with E-state index in [0.717, 1.165) is 49.6 Å². The summed E-state index contributed by atoms with van der Waals surface area (Å²) in [6, 6.07) is 10.3. The van der Waals surface area contributed by atoms with Gasteiger partial charge in [-0.05, 0) is 38.8 Å². The zero-order valence-electron chi connectivity index (χ0n) is 16.0. The molecule has 3 aromatic rings. The Kier molecular flexibility index (Phi) is 5.83. The lowest BCUT2D eigenvalue weighted by Crippen LogP contribution is -2.40. The number of amides is 1. The Hall–Kier alpha value is -2.51. The predicted molar refractivity (Wildman–Crippen MR) is 112 cm³/mol. The third kappa shape index (κ3) is 4.66. The summed E-state index contributed by atoms with van der Waals surface area (Å²) in [5.41, 5.74) is 2.09. The van der Waals surface area contributed by atoms with Gasteiger partial charge in [0.15, 0.2) is 5.13 Å². The Labute approximate surface area is 169 Å². The van der Waals surface area contributed by atoms with Gasteiger partial charge in [-0.3, -0.25) is 9.69 Å². The number of carbonyl (C=O) groups is 1. The average molecular weight is 396 g/mol. The maximum Gasteiger partial charge on any atom is 0.240 e. The number of hydrogen-bond acceptors (Lipinski definition) is 5. The minimum atomic E-state index is 0.0220. The van der Waals surface area contributed by atoms with Crippen LogP contribution in [-0.4, -0.2) is 45.0 Å². The molecule has 1 N–H and O–H groups in total. The van der Waals surface area contributed by atoms with Crippen molar-refractivity contribution in [1.82, 2.24) is 19.4 Å². The van der Waals surface area contributed by atoms with Crippen LogP contribution in [0.4, 0.5) is 5.13 Å². The average Bonchev–Trinajstić information content (AvgIpc) is 3.33. The zero-order chi connectivity index (χ0) is 19.3. The SMILES string of the molecule is Cc1csc(NC(=O)CN2CCC(Cn3ccnc3-c3ccccc3)CC2)n1. The highest BCUT2D eigenvalue weighted by Crippen LogP contribution is 2.23. The van der Waals surface area contributed by atoms with Crippen LogP contribution in [-0.2, 0) is 11.3 Å². The quantitative estimate of drug-likeness (QED) is 0.692. The van der Waals surface area contributed by atoms with Crippen molar-refractivity contribution in [1.29, 1.82) is 0 Å². The summed E-state index contributed by atoms with van der Waals surface area (Å²) in [6.45, 7) is 5.24. The molecule has 0 aliphatic carbocycles. The lowest BCUT2D eigenvalue weighted by atomic mass is 9.96. The van der Waals surface area contributed by atoms with Gasteiger partial charge in [-0.15, -0.1) is 11.3 Å². The largest absolute Gasteiger partial charge is 0.331 e. The second-order valence-corrected chi connectivity index (χ2v) is 8.19. The predicted octanol–water partition coefficient (Wildman–Crippen LogP) is 3.67. The highest BCUT2D eigenvalue weighted by molar-refractivity contribution is 7.13. The number of carbonyl (C=O) groups excluding carboxylic acids is 1. The first kappa shape index (κ1) is 18.8. The van der Waals surface area contributed by atoms with Crippen molar-refractivity contribution in [2.75, 3.05) is 25.0 Å². The molecule has 1 aliphatic heterocycles. The van der Waals surface area contributed by atoms with Crippen LogP contribution in [0.15, 0.2) is 48.1 Å². The molecule has 0 saturated carbocycles. The van der Waals surface area contributed by atoms with Crippen LogP contribution in [0.5, 0.6) is 0 Å². The fourth-order valence-electron chi connectivity index (χ4n) is 3.68. The topological polar surface area (TPSA) is 63.1 Å². The molecule has 7 heteroatoms. The van der Waals surface area contributed by atoms with E-state index in [-0.39, 0.29) is 5.91 Å². The fourth-order valence-corrected chi connectivity index (χ4v) is 4.39. The molecule has 1 aliphatic rings.